The standard InChI is InChI=1S/C22H23ClN6O2/c1-13-7-5-6-8-17(13)10-28-11-18(9-24-28)25-22(30)21-19(16(4)31-27-21)12-29-15(3)20(23)14(2)26-29/h5-9,11H,10,12H2,1-4H3,(H,25,30). The van der Waals surface area contributed by atoms with Gasteiger partial charge in [0.05, 0.1) is 41.4 Å². The molecule has 31 heavy (non-hydrogen) atoms. The van der Waals surface area contributed by atoms with E-state index in [2.05, 4.69) is 39.7 Å². The minimum atomic E-state index is -0.366. The normalized spacial score (nSPS) is 11.1. The highest BCUT2D eigenvalue weighted by Crippen LogP contribution is 2.23. The number of halogens is 1. The lowest BCUT2D eigenvalue weighted by Gasteiger charge is -2.06. The number of aromatic nitrogens is 5. The van der Waals surface area contributed by atoms with Crippen LogP contribution in [0.15, 0.2) is 41.2 Å². The van der Waals surface area contributed by atoms with Crippen LogP contribution >= 0.6 is 11.6 Å². The van der Waals surface area contributed by atoms with Gasteiger partial charge in [-0.15, -0.1) is 0 Å². The first-order valence-electron chi connectivity index (χ1n) is 9.86. The molecule has 0 saturated heterocycles. The first-order valence-corrected chi connectivity index (χ1v) is 10.2. The molecule has 160 valence electrons. The van der Waals surface area contributed by atoms with Gasteiger partial charge in [-0.05, 0) is 38.8 Å². The molecule has 3 aromatic heterocycles. The molecule has 0 aliphatic carbocycles. The summed E-state index contributed by atoms with van der Waals surface area (Å²) >= 11 is 6.25. The Hall–Kier alpha value is -3.39. The van der Waals surface area contributed by atoms with Gasteiger partial charge in [-0.3, -0.25) is 14.2 Å². The van der Waals surface area contributed by atoms with Gasteiger partial charge in [-0.2, -0.15) is 10.2 Å². The van der Waals surface area contributed by atoms with Crippen LogP contribution in [0.1, 0.15) is 44.3 Å². The lowest BCUT2D eigenvalue weighted by Crippen LogP contribution is -2.16. The summed E-state index contributed by atoms with van der Waals surface area (Å²) in [6.45, 7) is 8.51. The van der Waals surface area contributed by atoms with Crippen molar-refractivity contribution < 1.29 is 9.32 Å². The van der Waals surface area contributed by atoms with E-state index in [1.54, 1.807) is 28.7 Å². The fourth-order valence-electron chi connectivity index (χ4n) is 3.40. The minimum Gasteiger partial charge on any atom is -0.361 e. The summed E-state index contributed by atoms with van der Waals surface area (Å²) in [5.41, 5.74) is 5.38. The van der Waals surface area contributed by atoms with E-state index in [1.165, 1.54) is 11.1 Å². The molecule has 9 heteroatoms. The molecule has 0 atom stereocenters. The Balaban J connectivity index is 1.50. The molecular weight excluding hydrogens is 416 g/mol. The molecular formula is C22H23ClN6O2. The Morgan fingerprint density at radius 1 is 1.16 bits per heavy atom. The van der Waals surface area contributed by atoms with Crippen molar-refractivity contribution in [3.05, 3.63) is 81.2 Å². The van der Waals surface area contributed by atoms with Gasteiger partial charge in [0.25, 0.3) is 5.91 Å². The molecule has 1 aromatic carbocycles. The minimum absolute atomic E-state index is 0.216. The van der Waals surface area contributed by atoms with Crippen LogP contribution in [0, 0.1) is 27.7 Å². The Labute approximate surface area is 184 Å². The van der Waals surface area contributed by atoms with Crippen molar-refractivity contribution in [3.63, 3.8) is 0 Å². The summed E-state index contributed by atoms with van der Waals surface area (Å²) in [7, 11) is 0. The first-order chi connectivity index (χ1) is 14.8. The summed E-state index contributed by atoms with van der Waals surface area (Å²) in [5, 5.41) is 16.2. The van der Waals surface area contributed by atoms with Crippen molar-refractivity contribution in [2.24, 2.45) is 0 Å². The van der Waals surface area contributed by atoms with Crippen LogP contribution < -0.4 is 5.32 Å². The van der Waals surface area contributed by atoms with Gasteiger partial charge in [0.2, 0.25) is 0 Å². The predicted molar refractivity (Wildman–Crippen MR) is 118 cm³/mol. The van der Waals surface area contributed by atoms with E-state index >= 15 is 0 Å². The van der Waals surface area contributed by atoms with Crippen molar-refractivity contribution in [3.8, 4) is 0 Å². The second-order valence-corrected chi connectivity index (χ2v) is 7.89. The number of carbonyl (C=O) groups excluding carboxylic acids is 1. The van der Waals surface area contributed by atoms with Crippen molar-refractivity contribution in [2.75, 3.05) is 5.32 Å². The lowest BCUT2D eigenvalue weighted by atomic mass is 10.1. The molecule has 0 aliphatic heterocycles. The van der Waals surface area contributed by atoms with Gasteiger partial charge >= 0.3 is 0 Å². The molecule has 3 heterocycles. The molecule has 0 fully saturated rings. The average Bonchev–Trinajstić information content (AvgIpc) is 3.40. The van der Waals surface area contributed by atoms with Crippen molar-refractivity contribution in [1.29, 1.82) is 0 Å². The zero-order chi connectivity index (χ0) is 22.1. The predicted octanol–water partition coefficient (Wildman–Crippen LogP) is 4.30. The van der Waals surface area contributed by atoms with Crippen molar-refractivity contribution in [2.45, 2.75) is 40.8 Å². The Morgan fingerprint density at radius 2 is 1.94 bits per heavy atom. The third kappa shape index (κ3) is 4.25. The molecule has 8 nitrogen and oxygen atoms in total. The maximum atomic E-state index is 12.9. The van der Waals surface area contributed by atoms with E-state index in [4.69, 9.17) is 16.1 Å². The highest BCUT2D eigenvalue weighted by atomic mass is 35.5. The van der Waals surface area contributed by atoms with Gasteiger partial charge < -0.3 is 9.84 Å². The Kier molecular flexibility index (Phi) is 5.65. The number of anilines is 1. The van der Waals surface area contributed by atoms with E-state index in [9.17, 15) is 4.79 Å². The van der Waals surface area contributed by atoms with E-state index in [0.717, 1.165) is 11.4 Å². The smallest absolute Gasteiger partial charge is 0.278 e. The largest absolute Gasteiger partial charge is 0.361 e. The number of hydrogen-bond donors (Lipinski definition) is 1. The quantitative estimate of drug-likeness (QED) is 0.484. The molecule has 0 bridgehead atoms. The number of rotatable bonds is 6. The summed E-state index contributed by atoms with van der Waals surface area (Å²) < 4.78 is 8.82. The van der Waals surface area contributed by atoms with Crippen LogP contribution in [0.4, 0.5) is 5.69 Å². The number of aryl methyl sites for hydroxylation is 3. The number of amides is 1. The van der Waals surface area contributed by atoms with Crippen LogP contribution in [0.5, 0.6) is 0 Å². The molecule has 1 N–H and O–H groups in total. The zero-order valence-corrected chi connectivity index (χ0v) is 18.6. The second-order valence-electron chi connectivity index (χ2n) is 7.52. The molecule has 0 unspecified atom stereocenters. The Morgan fingerprint density at radius 3 is 2.65 bits per heavy atom. The van der Waals surface area contributed by atoms with Crippen molar-refractivity contribution in [1.82, 2.24) is 24.7 Å². The van der Waals surface area contributed by atoms with Gasteiger partial charge in [0, 0.05) is 11.8 Å². The number of carbonyl (C=O) groups is 1. The second kappa shape index (κ2) is 8.39. The van der Waals surface area contributed by atoms with Crippen LogP contribution in [0.2, 0.25) is 5.02 Å². The molecule has 0 aliphatic rings. The van der Waals surface area contributed by atoms with Gasteiger partial charge in [-0.25, -0.2) is 0 Å². The molecule has 1 amide bonds. The maximum Gasteiger partial charge on any atom is 0.278 e. The van der Waals surface area contributed by atoms with Crippen LogP contribution in [-0.2, 0) is 13.1 Å². The third-order valence-corrected chi connectivity index (χ3v) is 5.83. The van der Waals surface area contributed by atoms with E-state index in [0.29, 0.717) is 35.1 Å². The Bertz CT molecular complexity index is 1250. The van der Waals surface area contributed by atoms with Gasteiger partial charge in [-0.1, -0.05) is 41.0 Å². The fraction of sp³-hybridized carbons (Fsp3) is 0.273. The highest BCUT2D eigenvalue weighted by Gasteiger charge is 2.22. The van der Waals surface area contributed by atoms with E-state index < -0.39 is 0 Å². The highest BCUT2D eigenvalue weighted by molar-refractivity contribution is 6.31. The maximum absolute atomic E-state index is 12.9. The molecule has 0 spiro atoms. The fourth-order valence-corrected chi connectivity index (χ4v) is 3.54. The molecule has 4 aromatic rings. The van der Waals surface area contributed by atoms with Crippen LogP contribution in [0.25, 0.3) is 0 Å². The van der Waals surface area contributed by atoms with Crippen LogP contribution in [0.3, 0.4) is 0 Å². The van der Waals surface area contributed by atoms with Crippen molar-refractivity contribution >= 4 is 23.2 Å². The number of hydrogen-bond acceptors (Lipinski definition) is 5. The molecule has 0 radical (unpaired) electrons. The SMILES string of the molecule is Cc1ccccc1Cn1cc(NC(=O)c2noc(C)c2Cn2nc(C)c(Cl)c2C)cn1. The summed E-state index contributed by atoms with van der Waals surface area (Å²) in [6.07, 6.45) is 3.40. The third-order valence-electron chi connectivity index (χ3n) is 5.29. The number of nitrogens with one attached hydrogen (secondary N) is 1. The molecule has 4 rings (SSSR count). The summed E-state index contributed by atoms with van der Waals surface area (Å²) in [5.74, 6) is 0.194. The van der Waals surface area contributed by atoms with Gasteiger partial charge in [0.1, 0.15) is 5.76 Å². The van der Waals surface area contributed by atoms with E-state index in [1.807, 2.05) is 26.0 Å². The number of benzene rings is 1. The molecule has 0 saturated carbocycles. The lowest BCUT2D eigenvalue weighted by molar-refractivity contribution is 0.101. The number of nitrogens with zero attached hydrogens (tertiary/aromatic N) is 5. The monoisotopic (exact) mass is 438 g/mol. The van der Waals surface area contributed by atoms with Crippen LogP contribution in [-0.4, -0.2) is 30.6 Å². The average molecular weight is 439 g/mol. The van der Waals surface area contributed by atoms with Gasteiger partial charge in [0.15, 0.2) is 5.69 Å². The van der Waals surface area contributed by atoms with E-state index in [-0.39, 0.29) is 11.6 Å². The summed E-state index contributed by atoms with van der Waals surface area (Å²) in [4.78, 5) is 12.9. The topological polar surface area (TPSA) is 90.8 Å². The zero-order valence-electron chi connectivity index (χ0n) is 17.8. The first kappa shape index (κ1) is 20.9. The summed E-state index contributed by atoms with van der Waals surface area (Å²) in [6, 6.07) is 8.13.